The summed E-state index contributed by atoms with van der Waals surface area (Å²) < 4.78 is 32.9. The molecule has 0 heterocycles. The minimum atomic E-state index is -4.39. The molecule has 0 aliphatic rings. The van der Waals surface area contributed by atoms with Crippen molar-refractivity contribution in [1.82, 2.24) is 0 Å². The highest BCUT2D eigenvalue weighted by Gasteiger charge is 2.26. The molecule has 0 aromatic rings. The second kappa shape index (κ2) is 52.1. The number of unbranched alkanes of at least 4 members (excludes halogenated alkanes) is 28. The van der Waals surface area contributed by atoms with E-state index >= 15 is 0 Å². The summed E-state index contributed by atoms with van der Waals surface area (Å²) in [5.41, 5.74) is 5.37. The Balaban J connectivity index is 3.98. The molecule has 0 saturated heterocycles. The maximum atomic E-state index is 12.7. The highest BCUT2D eigenvalue weighted by molar-refractivity contribution is 7.47. The van der Waals surface area contributed by atoms with Crippen molar-refractivity contribution in [1.29, 1.82) is 0 Å². The van der Waals surface area contributed by atoms with Gasteiger partial charge in [0, 0.05) is 19.4 Å². The van der Waals surface area contributed by atoms with Crippen molar-refractivity contribution in [2.45, 2.75) is 258 Å². The van der Waals surface area contributed by atoms with Gasteiger partial charge in [-0.2, -0.15) is 0 Å². The standard InChI is InChI=1S/C56H102NO8P/c1-3-5-7-9-11-13-15-17-19-21-22-23-24-25-26-27-28-29-30-31-32-33-35-37-39-41-43-45-47-49-56(59)65-54(53-64-66(60,61)63-51-50-57)52-62-55(58)48-46-44-42-40-38-36-34-20-18-16-14-12-10-8-6-4-2/h14-17,20-22,24-25,34,54H,3-13,18-19,23,26-33,35-53,57H2,1-2H3,(H,60,61)/b16-14-,17-15-,22-21-,25-24-,34-20-. The van der Waals surface area contributed by atoms with E-state index in [0.29, 0.717) is 12.8 Å². The van der Waals surface area contributed by atoms with Crippen molar-refractivity contribution in [3.63, 3.8) is 0 Å². The maximum Gasteiger partial charge on any atom is 0.472 e. The van der Waals surface area contributed by atoms with Crippen molar-refractivity contribution in [3.05, 3.63) is 60.8 Å². The largest absolute Gasteiger partial charge is 0.472 e. The average Bonchev–Trinajstić information content (AvgIpc) is 3.31. The first-order valence-corrected chi connectivity index (χ1v) is 28.8. The van der Waals surface area contributed by atoms with Gasteiger partial charge in [-0.1, -0.05) is 216 Å². The number of hydrogen-bond acceptors (Lipinski definition) is 8. The number of esters is 2. The number of ether oxygens (including phenoxy) is 2. The molecule has 0 rings (SSSR count). The van der Waals surface area contributed by atoms with E-state index < -0.39 is 32.5 Å². The van der Waals surface area contributed by atoms with Crippen LogP contribution in [0.3, 0.4) is 0 Å². The lowest BCUT2D eigenvalue weighted by Crippen LogP contribution is -2.29. The molecule has 0 aromatic carbocycles. The van der Waals surface area contributed by atoms with E-state index in [0.717, 1.165) is 70.6 Å². The van der Waals surface area contributed by atoms with E-state index in [4.69, 9.17) is 24.3 Å². The predicted molar refractivity (Wildman–Crippen MR) is 279 cm³/mol. The van der Waals surface area contributed by atoms with E-state index in [2.05, 4.69) is 74.6 Å². The fourth-order valence-corrected chi connectivity index (χ4v) is 8.32. The highest BCUT2D eigenvalue weighted by Crippen LogP contribution is 2.43. The molecule has 66 heavy (non-hydrogen) atoms. The number of carbonyl (C=O) groups is 2. The number of allylic oxidation sites excluding steroid dienone is 10. The highest BCUT2D eigenvalue weighted by atomic mass is 31.2. The Labute approximate surface area is 406 Å². The van der Waals surface area contributed by atoms with Crippen LogP contribution in [0.25, 0.3) is 0 Å². The van der Waals surface area contributed by atoms with Gasteiger partial charge in [0.1, 0.15) is 6.61 Å². The third kappa shape index (κ3) is 51.1. The van der Waals surface area contributed by atoms with Gasteiger partial charge in [-0.05, 0) is 83.5 Å². The first kappa shape index (κ1) is 63.7. The van der Waals surface area contributed by atoms with Crippen molar-refractivity contribution >= 4 is 19.8 Å². The molecule has 2 atom stereocenters. The van der Waals surface area contributed by atoms with E-state index in [1.807, 2.05) is 0 Å². The van der Waals surface area contributed by atoms with Crippen LogP contribution >= 0.6 is 7.82 Å². The van der Waals surface area contributed by atoms with Gasteiger partial charge in [-0.15, -0.1) is 0 Å². The fraction of sp³-hybridized carbons (Fsp3) is 0.786. The molecule has 0 amide bonds. The molecule has 3 N–H and O–H groups in total. The van der Waals surface area contributed by atoms with Crippen LogP contribution < -0.4 is 5.73 Å². The van der Waals surface area contributed by atoms with Crippen LogP contribution in [0.1, 0.15) is 251 Å². The Morgan fingerprint density at radius 2 is 0.788 bits per heavy atom. The second-order valence-electron chi connectivity index (χ2n) is 18.1. The minimum Gasteiger partial charge on any atom is -0.462 e. The van der Waals surface area contributed by atoms with Gasteiger partial charge in [0.05, 0.1) is 13.2 Å². The molecule has 0 fully saturated rings. The first-order valence-electron chi connectivity index (χ1n) is 27.3. The lowest BCUT2D eigenvalue weighted by atomic mass is 10.0. The predicted octanol–water partition coefficient (Wildman–Crippen LogP) is 16.8. The van der Waals surface area contributed by atoms with Crippen LogP contribution in [0.5, 0.6) is 0 Å². The molecule has 2 unspecified atom stereocenters. The molecule has 0 aliphatic carbocycles. The van der Waals surface area contributed by atoms with Crippen LogP contribution in [0.15, 0.2) is 60.8 Å². The number of phosphoric ester groups is 1. The second-order valence-corrected chi connectivity index (χ2v) is 19.5. The summed E-state index contributed by atoms with van der Waals surface area (Å²) in [5.74, 6) is -0.841. The van der Waals surface area contributed by atoms with Crippen molar-refractivity contribution in [2.75, 3.05) is 26.4 Å². The Morgan fingerprint density at radius 1 is 0.455 bits per heavy atom. The molecule has 0 bridgehead atoms. The minimum absolute atomic E-state index is 0.0499. The zero-order valence-electron chi connectivity index (χ0n) is 42.7. The van der Waals surface area contributed by atoms with Gasteiger partial charge >= 0.3 is 19.8 Å². The van der Waals surface area contributed by atoms with E-state index in [9.17, 15) is 19.0 Å². The van der Waals surface area contributed by atoms with E-state index in [-0.39, 0.29) is 32.6 Å². The molecule has 9 nitrogen and oxygen atoms in total. The summed E-state index contributed by atoms with van der Waals surface area (Å²) in [4.78, 5) is 35.1. The molecular formula is C56H102NO8P. The molecule has 0 radical (unpaired) electrons. The van der Waals surface area contributed by atoms with Crippen LogP contribution in [-0.4, -0.2) is 49.3 Å². The van der Waals surface area contributed by atoms with E-state index in [1.54, 1.807) is 0 Å². The molecule has 0 aromatic heterocycles. The first-order chi connectivity index (χ1) is 32.3. The number of hydrogen-bond donors (Lipinski definition) is 2. The van der Waals surface area contributed by atoms with Crippen LogP contribution in [0.4, 0.5) is 0 Å². The van der Waals surface area contributed by atoms with Crippen LogP contribution in [0.2, 0.25) is 0 Å². The van der Waals surface area contributed by atoms with Crippen LogP contribution in [-0.2, 0) is 32.7 Å². The number of rotatable bonds is 51. The van der Waals surface area contributed by atoms with Gasteiger partial charge in [-0.3, -0.25) is 18.6 Å². The molecular weight excluding hydrogens is 846 g/mol. The molecule has 0 saturated carbocycles. The molecule has 10 heteroatoms. The van der Waals surface area contributed by atoms with Gasteiger partial charge in [0.25, 0.3) is 0 Å². The van der Waals surface area contributed by atoms with Crippen molar-refractivity contribution in [3.8, 4) is 0 Å². The van der Waals surface area contributed by atoms with Gasteiger partial charge in [-0.25, -0.2) is 4.57 Å². The monoisotopic (exact) mass is 948 g/mol. The molecule has 0 aliphatic heterocycles. The van der Waals surface area contributed by atoms with Gasteiger partial charge in [0.2, 0.25) is 0 Å². The third-order valence-corrected chi connectivity index (χ3v) is 12.6. The van der Waals surface area contributed by atoms with Gasteiger partial charge < -0.3 is 20.1 Å². The normalized spacial score (nSPS) is 13.6. The lowest BCUT2D eigenvalue weighted by molar-refractivity contribution is -0.161. The third-order valence-electron chi connectivity index (χ3n) is 11.6. The average molecular weight is 948 g/mol. The summed E-state index contributed by atoms with van der Waals surface area (Å²) in [5, 5.41) is 0. The summed E-state index contributed by atoms with van der Waals surface area (Å²) in [7, 11) is -4.39. The SMILES string of the molecule is CCCCCC/C=C\C/C=C\CCCCCCCC(=O)OCC(COP(=O)(O)OCCN)OC(=O)CCCCCCCCCCCCCCCC/C=C\C/C=C\C/C=C\CCCCCCC. The van der Waals surface area contributed by atoms with Crippen molar-refractivity contribution in [2.24, 2.45) is 5.73 Å². The van der Waals surface area contributed by atoms with Gasteiger partial charge in [0.15, 0.2) is 6.10 Å². The lowest BCUT2D eigenvalue weighted by Gasteiger charge is -2.19. The van der Waals surface area contributed by atoms with Crippen molar-refractivity contribution < 1.29 is 37.6 Å². The number of nitrogens with two attached hydrogens (primary N) is 1. The number of carbonyl (C=O) groups excluding carboxylic acids is 2. The summed E-state index contributed by atoms with van der Waals surface area (Å²) in [6, 6.07) is 0. The fourth-order valence-electron chi connectivity index (χ4n) is 7.56. The summed E-state index contributed by atoms with van der Waals surface area (Å²) in [6.07, 6.45) is 64.1. The summed E-state index contributed by atoms with van der Waals surface area (Å²) in [6.45, 7) is 3.71. The quantitative estimate of drug-likeness (QED) is 0.0264. The zero-order valence-corrected chi connectivity index (χ0v) is 43.6. The van der Waals surface area contributed by atoms with Crippen LogP contribution in [0, 0.1) is 0 Å². The Morgan fingerprint density at radius 3 is 1.18 bits per heavy atom. The zero-order chi connectivity index (χ0) is 48.1. The Kier molecular flexibility index (Phi) is 50.3. The smallest absolute Gasteiger partial charge is 0.462 e. The molecule has 384 valence electrons. The number of phosphoric acid groups is 1. The Hall–Kier alpha value is -2.29. The summed E-state index contributed by atoms with van der Waals surface area (Å²) >= 11 is 0. The Bertz CT molecular complexity index is 1260. The van der Waals surface area contributed by atoms with E-state index in [1.165, 1.54) is 141 Å². The molecule has 0 spiro atoms. The topological polar surface area (TPSA) is 134 Å². The maximum absolute atomic E-state index is 12.7.